The summed E-state index contributed by atoms with van der Waals surface area (Å²) in [5, 5.41) is 27.1. The second kappa shape index (κ2) is 8.15. The molecule has 0 bridgehead atoms. The molecule has 0 amide bonds. The number of hydrogen-bond acceptors (Lipinski definition) is 5. The summed E-state index contributed by atoms with van der Waals surface area (Å²) in [6, 6.07) is 0. The lowest BCUT2D eigenvalue weighted by atomic mass is 10.0. The van der Waals surface area contributed by atoms with E-state index in [2.05, 4.69) is 0 Å². The van der Waals surface area contributed by atoms with Gasteiger partial charge in [-0.15, -0.1) is 0 Å². The molecule has 0 fully saturated rings. The standard InChI is InChI=1S/C8H16O3.2H3N/c1-5(9)4-8(6(2)10)7(3)11;;/h4-7,9-11H,1-3H3;2*1H3. The molecule has 0 aliphatic carbocycles. The molecule has 0 aliphatic heterocycles. The maximum Gasteiger partial charge on any atom is 0.0747 e. The van der Waals surface area contributed by atoms with Crippen LogP contribution in [-0.2, 0) is 0 Å². The fourth-order valence-corrected chi connectivity index (χ4v) is 0.906. The first-order valence-electron chi connectivity index (χ1n) is 3.71. The van der Waals surface area contributed by atoms with Crippen LogP contribution in [0.2, 0.25) is 0 Å². The second-order valence-corrected chi connectivity index (χ2v) is 2.76. The van der Waals surface area contributed by atoms with Gasteiger partial charge in [0.05, 0.1) is 18.3 Å². The molecule has 5 nitrogen and oxygen atoms in total. The van der Waals surface area contributed by atoms with Gasteiger partial charge in [-0.1, -0.05) is 6.08 Å². The first kappa shape index (κ1) is 18.3. The number of aliphatic hydroxyl groups is 3. The van der Waals surface area contributed by atoms with E-state index in [9.17, 15) is 0 Å². The topological polar surface area (TPSA) is 131 Å². The SMILES string of the molecule is CC(O)C=C(C(C)O)C(C)O.N.N. The molecule has 3 atom stereocenters. The maximum absolute atomic E-state index is 9.09. The summed E-state index contributed by atoms with van der Waals surface area (Å²) in [7, 11) is 0. The molecule has 0 radical (unpaired) electrons. The van der Waals surface area contributed by atoms with E-state index in [0.717, 1.165) is 0 Å². The monoisotopic (exact) mass is 194 g/mol. The quantitative estimate of drug-likeness (QED) is 0.414. The van der Waals surface area contributed by atoms with E-state index in [-0.39, 0.29) is 12.3 Å². The lowest BCUT2D eigenvalue weighted by Crippen LogP contribution is -2.18. The van der Waals surface area contributed by atoms with Crippen LogP contribution in [0, 0.1) is 0 Å². The van der Waals surface area contributed by atoms with Crippen molar-refractivity contribution < 1.29 is 15.3 Å². The first-order valence-corrected chi connectivity index (χ1v) is 3.71. The molecular weight excluding hydrogens is 172 g/mol. The molecule has 5 heteroatoms. The highest BCUT2D eigenvalue weighted by Crippen LogP contribution is 2.08. The van der Waals surface area contributed by atoms with Gasteiger partial charge in [0.2, 0.25) is 0 Å². The summed E-state index contributed by atoms with van der Waals surface area (Å²) in [6.07, 6.45) is -0.585. The molecule has 0 aromatic heterocycles. The zero-order valence-electron chi connectivity index (χ0n) is 8.57. The van der Waals surface area contributed by atoms with Crippen LogP contribution < -0.4 is 12.3 Å². The van der Waals surface area contributed by atoms with Gasteiger partial charge in [-0.3, -0.25) is 0 Å². The lowest BCUT2D eigenvalue weighted by Gasteiger charge is -2.14. The smallest absolute Gasteiger partial charge is 0.0747 e. The van der Waals surface area contributed by atoms with Crippen molar-refractivity contribution in [2.24, 2.45) is 0 Å². The largest absolute Gasteiger partial charge is 0.389 e. The minimum atomic E-state index is -0.704. The van der Waals surface area contributed by atoms with Crippen LogP contribution in [0.1, 0.15) is 20.8 Å². The zero-order chi connectivity index (χ0) is 9.02. The Labute approximate surface area is 79.3 Å². The fourth-order valence-electron chi connectivity index (χ4n) is 0.906. The Balaban J connectivity index is -0.000000500. The summed E-state index contributed by atoms with van der Waals surface area (Å²) in [5.41, 5.74) is 0.458. The molecule has 0 heterocycles. The van der Waals surface area contributed by atoms with Crippen LogP contribution >= 0.6 is 0 Å². The summed E-state index contributed by atoms with van der Waals surface area (Å²) in [4.78, 5) is 0. The van der Waals surface area contributed by atoms with Crippen LogP contribution in [0.15, 0.2) is 11.6 Å². The van der Waals surface area contributed by atoms with Crippen LogP contribution in [-0.4, -0.2) is 33.6 Å². The average molecular weight is 194 g/mol. The van der Waals surface area contributed by atoms with E-state index in [4.69, 9.17) is 15.3 Å². The first-order chi connectivity index (χ1) is 4.95. The van der Waals surface area contributed by atoms with Gasteiger partial charge >= 0.3 is 0 Å². The Hall–Kier alpha value is -0.460. The van der Waals surface area contributed by atoms with Crippen LogP contribution in [0.25, 0.3) is 0 Å². The molecular formula is C8H22N2O3. The average Bonchev–Trinajstić information content (AvgIpc) is 1.81. The highest BCUT2D eigenvalue weighted by Gasteiger charge is 2.11. The zero-order valence-corrected chi connectivity index (χ0v) is 8.57. The van der Waals surface area contributed by atoms with Crippen molar-refractivity contribution in [2.45, 2.75) is 39.1 Å². The Morgan fingerprint density at radius 1 is 0.923 bits per heavy atom. The van der Waals surface area contributed by atoms with Gasteiger partial charge in [-0.2, -0.15) is 0 Å². The van der Waals surface area contributed by atoms with Crippen molar-refractivity contribution in [3.63, 3.8) is 0 Å². The third-order valence-electron chi connectivity index (χ3n) is 1.40. The molecule has 0 spiro atoms. The van der Waals surface area contributed by atoms with Crippen molar-refractivity contribution in [1.29, 1.82) is 0 Å². The van der Waals surface area contributed by atoms with E-state index in [0.29, 0.717) is 5.57 Å². The molecule has 13 heavy (non-hydrogen) atoms. The molecule has 0 aliphatic rings. The third kappa shape index (κ3) is 7.89. The highest BCUT2D eigenvalue weighted by atomic mass is 16.3. The minimum Gasteiger partial charge on any atom is -0.389 e. The van der Waals surface area contributed by atoms with Gasteiger partial charge in [0.15, 0.2) is 0 Å². The van der Waals surface area contributed by atoms with Gasteiger partial charge in [0.25, 0.3) is 0 Å². The number of hydrogen-bond donors (Lipinski definition) is 5. The molecule has 0 rings (SSSR count). The van der Waals surface area contributed by atoms with Gasteiger partial charge in [0.1, 0.15) is 0 Å². The van der Waals surface area contributed by atoms with Gasteiger partial charge in [0, 0.05) is 0 Å². The van der Waals surface area contributed by atoms with Crippen molar-refractivity contribution in [3.05, 3.63) is 11.6 Å². The maximum atomic E-state index is 9.09. The molecule has 9 N–H and O–H groups in total. The molecule has 82 valence electrons. The van der Waals surface area contributed by atoms with E-state index in [1.54, 1.807) is 20.8 Å². The second-order valence-electron chi connectivity index (χ2n) is 2.76. The molecule has 0 aromatic rings. The lowest BCUT2D eigenvalue weighted by molar-refractivity contribution is 0.158. The summed E-state index contributed by atoms with van der Waals surface area (Å²) >= 11 is 0. The third-order valence-corrected chi connectivity index (χ3v) is 1.40. The van der Waals surface area contributed by atoms with E-state index in [1.807, 2.05) is 0 Å². The highest BCUT2D eigenvalue weighted by molar-refractivity contribution is 5.12. The van der Waals surface area contributed by atoms with Gasteiger partial charge in [-0.25, -0.2) is 0 Å². The van der Waals surface area contributed by atoms with Crippen molar-refractivity contribution in [2.75, 3.05) is 0 Å². The predicted octanol–water partition coefficient (Wildman–Crippen LogP) is 0.379. The van der Waals surface area contributed by atoms with Crippen molar-refractivity contribution in [3.8, 4) is 0 Å². The Bertz CT molecular complexity index is 134. The minimum absolute atomic E-state index is 0. The number of rotatable bonds is 3. The molecule has 3 unspecified atom stereocenters. The summed E-state index contributed by atoms with van der Waals surface area (Å²) < 4.78 is 0. The van der Waals surface area contributed by atoms with Crippen LogP contribution in [0.5, 0.6) is 0 Å². The fraction of sp³-hybridized carbons (Fsp3) is 0.750. The number of aliphatic hydroxyl groups excluding tert-OH is 3. The van der Waals surface area contributed by atoms with Crippen LogP contribution in [0.3, 0.4) is 0 Å². The van der Waals surface area contributed by atoms with E-state index in [1.165, 1.54) is 6.08 Å². The molecule has 0 saturated carbocycles. The Kier molecular flexibility index (Phi) is 11.5. The van der Waals surface area contributed by atoms with Crippen molar-refractivity contribution >= 4 is 0 Å². The Morgan fingerprint density at radius 2 is 1.23 bits per heavy atom. The summed E-state index contributed by atoms with van der Waals surface area (Å²) in [6.45, 7) is 4.69. The Morgan fingerprint density at radius 3 is 1.31 bits per heavy atom. The molecule has 0 saturated heterocycles. The van der Waals surface area contributed by atoms with Gasteiger partial charge < -0.3 is 27.6 Å². The van der Waals surface area contributed by atoms with Crippen molar-refractivity contribution in [1.82, 2.24) is 12.3 Å². The molecule has 0 aromatic carbocycles. The van der Waals surface area contributed by atoms with E-state index >= 15 is 0 Å². The summed E-state index contributed by atoms with van der Waals surface area (Å²) in [5.74, 6) is 0. The van der Waals surface area contributed by atoms with Gasteiger partial charge in [-0.05, 0) is 26.3 Å². The van der Waals surface area contributed by atoms with E-state index < -0.39 is 18.3 Å². The normalized spacial score (nSPS) is 15.8. The predicted molar refractivity (Wildman–Crippen MR) is 53.2 cm³/mol. The van der Waals surface area contributed by atoms with Crippen LogP contribution in [0.4, 0.5) is 0 Å².